The highest BCUT2D eigenvalue weighted by Gasteiger charge is 2.26. The molecule has 0 bridgehead atoms. The van der Waals surface area contributed by atoms with Gasteiger partial charge < -0.3 is 0 Å². The van der Waals surface area contributed by atoms with Gasteiger partial charge >= 0.3 is 0 Å². The summed E-state index contributed by atoms with van der Waals surface area (Å²) in [5.41, 5.74) is 3.97. The summed E-state index contributed by atoms with van der Waals surface area (Å²) in [5, 5.41) is 0. The van der Waals surface area contributed by atoms with Gasteiger partial charge in [0.2, 0.25) is 0 Å². The Morgan fingerprint density at radius 1 is 1.38 bits per heavy atom. The van der Waals surface area contributed by atoms with Crippen molar-refractivity contribution in [3.63, 3.8) is 0 Å². The molecule has 1 aliphatic heterocycles. The van der Waals surface area contributed by atoms with Gasteiger partial charge in [0.05, 0.1) is 6.04 Å². The monoisotopic (exact) mass is 327 g/mol. The quantitative estimate of drug-likeness (QED) is 0.472. The summed E-state index contributed by atoms with van der Waals surface area (Å²) >= 11 is 0. The normalized spacial score (nSPS) is 27.4. The maximum atomic E-state index is 14.3. The standard InChI is InChI=1S/C22H30FN/c1-5-7-16(3)13-22-17(4)19(11-12-24-22)15-20-14-18(8-6-2)9-10-21(20)23/h6,9-13,17,20,22H,2,5,7-8,14-15H2,1,3-4H3/b16-13-. The Morgan fingerprint density at radius 3 is 2.88 bits per heavy atom. The van der Waals surface area contributed by atoms with Gasteiger partial charge in [-0.25, -0.2) is 4.39 Å². The van der Waals surface area contributed by atoms with Gasteiger partial charge in [0.1, 0.15) is 5.83 Å². The van der Waals surface area contributed by atoms with E-state index in [9.17, 15) is 4.39 Å². The van der Waals surface area contributed by atoms with E-state index in [2.05, 4.69) is 44.5 Å². The summed E-state index contributed by atoms with van der Waals surface area (Å²) in [4.78, 5) is 4.63. The summed E-state index contributed by atoms with van der Waals surface area (Å²) in [6.07, 6.45) is 16.4. The second-order valence-corrected chi connectivity index (χ2v) is 7.06. The molecule has 0 aromatic heterocycles. The lowest BCUT2D eigenvalue weighted by Gasteiger charge is -2.28. The summed E-state index contributed by atoms with van der Waals surface area (Å²) in [5.74, 6) is 0.308. The lowest BCUT2D eigenvalue weighted by atomic mass is 9.80. The number of rotatable bonds is 7. The maximum Gasteiger partial charge on any atom is 0.104 e. The van der Waals surface area contributed by atoms with Crippen LogP contribution in [0.5, 0.6) is 0 Å². The Labute approximate surface area is 146 Å². The molecule has 0 spiro atoms. The predicted molar refractivity (Wildman–Crippen MR) is 103 cm³/mol. The Kier molecular flexibility index (Phi) is 6.96. The van der Waals surface area contributed by atoms with Crippen molar-refractivity contribution in [2.45, 2.75) is 58.9 Å². The van der Waals surface area contributed by atoms with Gasteiger partial charge in [0, 0.05) is 18.1 Å². The summed E-state index contributed by atoms with van der Waals surface area (Å²) in [6, 6.07) is 0.190. The van der Waals surface area contributed by atoms with Crippen LogP contribution in [0.2, 0.25) is 0 Å². The van der Waals surface area contributed by atoms with Gasteiger partial charge in [-0.15, -0.1) is 6.58 Å². The zero-order valence-electron chi connectivity index (χ0n) is 15.3. The highest BCUT2D eigenvalue weighted by Crippen LogP contribution is 2.36. The molecule has 1 heterocycles. The minimum absolute atomic E-state index is 0.00711. The maximum absolute atomic E-state index is 14.3. The summed E-state index contributed by atoms with van der Waals surface area (Å²) < 4.78 is 14.3. The molecular weight excluding hydrogens is 297 g/mol. The molecule has 0 aromatic rings. The molecule has 3 unspecified atom stereocenters. The van der Waals surface area contributed by atoms with Gasteiger partial charge in [0.25, 0.3) is 0 Å². The van der Waals surface area contributed by atoms with E-state index >= 15 is 0 Å². The van der Waals surface area contributed by atoms with Crippen molar-refractivity contribution < 1.29 is 4.39 Å². The molecule has 2 rings (SSSR count). The first kappa shape index (κ1) is 18.6. The minimum Gasteiger partial charge on any atom is -0.285 e. The first-order chi connectivity index (χ1) is 11.5. The Morgan fingerprint density at radius 2 is 2.17 bits per heavy atom. The average Bonchev–Trinajstić information content (AvgIpc) is 2.55. The first-order valence-electron chi connectivity index (χ1n) is 9.10. The third kappa shape index (κ3) is 4.90. The third-order valence-corrected chi connectivity index (χ3v) is 5.01. The van der Waals surface area contributed by atoms with Crippen LogP contribution in [0.4, 0.5) is 4.39 Å². The number of dihydropyridines is 1. The Hall–Kier alpha value is -1.70. The van der Waals surface area contributed by atoms with Crippen molar-refractivity contribution in [2.24, 2.45) is 16.8 Å². The van der Waals surface area contributed by atoms with Crippen LogP contribution in [0.1, 0.15) is 52.9 Å². The van der Waals surface area contributed by atoms with Crippen LogP contribution in [0, 0.1) is 11.8 Å². The van der Waals surface area contributed by atoms with E-state index in [1.165, 1.54) is 16.7 Å². The van der Waals surface area contributed by atoms with Crippen LogP contribution in [0.15, 0.2) is 64.5 Å². The molecule has 0 N–H and O–H groups in total. The fraction of sp³-hybridized carbons (Fsp3) is 0.500. The van der Waals surface area contributed by atoms with E-state index in [1.54, 1.807) is 6.08 Å². The molecule has 24 heavy (non-hydrogen) atoms. The van der Waals surface area contributed by atoms with Crippen LogP contribution >= 0.6 is 0 Å². The largest absolute Gasteiger partial charge is 0.285 e. The molecule has 130 valence electrons. The molecule has 0 saturated carbocycles. The predicted octanol–water partition coefficient (Wildman–Crippen LogP) is 6.51. The lowest BCUT2D eigenvalue weighted by Crippen LogP contribution is -2.22. The molecule has 1 nitrogen and oxygen atoms in total. The molecule has 2 heteroatoms. The fourth-order valence-electron chi connectivity index (χ4n) is 3.56. The van der Waals surface area contributed by atoms with Crippen LogP contribution in [-0.2, 0) is 0 Å². The first-order valence-corrected chi connectivity index (χ1v) is 9.10. The molecular formula is C22H30FN. The van der Waals surface area contributed by atoms with Crippen LogP contribution in [0.3, 0.4) is 0 Å². The van der Waals surface area contributed by atoms with E-state index in [4.69, 9.17) is 0 Å². The van der Waals surface area contributed by atoms with Crippen molar-refractivity contribution in [3.05, 3.63) is 59.5 Å². The van der Waals surface area contributed by atoms with Crippen molar-refractivity contribution >= 4 is 6.21 Å². The zero-order valence-corrected chi connectivity index (χ0v) is 15.3. The molecule has 0 aromatic carbocycles. The molecule has 0 radical (unpaired) electrons. The third-order valence-electron chi connectivity index (χ3n) is 5.01. The molecule has 0 amide bonds. The molecule has 0 saturated heterocycles. The molecule has 2 aliphatic rings. The molecule has 0 fully saturated rings. The van der Waals surface area contributed by atoms with E-state index < -0.39 is 0 Å². The van der Waals surface area contributed by atoms with Crippen molar-refractivity contribution in [1.82, 2.24) is 0 Å². The topological polar surface area (TPSA) is 12.4 Å². The number of halogens is 1. The highest BCUT2D eigenvalue weighted by atomic mass is 19.1. The highest BCUT2D eigenvalue weighted by molar-refractivity contribution is 5.74. The summed E-state index contributed by atoms with van der Waals surface area (Å²) in [7, 11) is 0. The van der Waals surface area contributed by atoms with Crippen LogP contribution < -0.4 is 0 Å². The number of hydrogen-bond acceptors (Lipinski definition) is 1. The van der Waals surface area contributed by atoms with Gasteiger partial charge in [0.15, 0.2) is 0 Å². The van der Waals surface area contributed by atoms with E-state index in [-0.39, 0.29) is 17.8 Å². The van der Waals surface area contributed by atoms with Crippen molar-refractivity contribution in [1.29, 1.82) is 0 Å². The van der Waals surface area contributed by atoms with E-state index in [0.717, 1.165) is 32.1 Å². The van der Waals surface area contributed by atoms with Gasteiger partial charge in [-0.05, 0) is 44.8 Å². The SMILES string of the molecule is C=CCC1=CC=C(F)C(CC2=CC=NC(/C=C(/C)CCC)C2C)C1. The van der Waals surface area contributed by atoms with Crippen LogP contribution in [-0.4, -0.2) is 12.3 Å². The van der Waals surface area contributed by atoms with Gasteiger partial charge in [-0.3, -0.25) is 4.99 Å². The van der Waals surface area contributed by atoms with Gasteiger partial charge in [-0.2, -0.15) is 0 Å². The fourth-order valence-corrected chi connectivity index (χ4v) is 3.56. The summed E-state index contributed by atoms with van der Waals surface area (Å²) in [6.45, 7) is 10.4. The Bertz CT molecular complexity index is 603. The van der Waals surface area contributed by atoms with E-state index in [1.807, 2.05) is 18.4 Å². The van der Waals surface area contributed by atoms with Gasteiger partial charge in [-0.1, -0.05) is 55.2 Å². The Balaban J connectivity index is 2.05. The van der Waals surface area contributed by atoms with E-state index in [0.29, 0.717) is 5.92 Å². The molecule has 1 aliphatic carbocycles. The second kappa shape index (κ2) is 8.96. The minimum atomic E-state index is -0.0356. The smallest absolute Gasteiger partial charge is 0.104 e. The number of allylic oxidation sites excluding steroid dienone is 7. The number of hydrogen-bond donors (Lipinski definition) is 0. The average molecular weight is 327 g/mol. The number of nitrogens with zero attached hydrogens (tertiary/aromatic N) is 1. The van der Waals surface area contributed by atoms with Crippen molar-refractivity contribution in [2.75, 3.05) is 0 Å². The lowest BCUT2D eigenvalue weighted by molar-refractivity contribution is 0.428. The zero-order chi connectivity index (χ0) is 17.5. The second-order valence-electron chi connectivity index (χ2n) is 7.06. The van der Waals surface area contributed by atoms with Crippen LogP contribution in [0.25, 0.3) is 0 Å². The van der Waals surface area contributed by atoms with Crippen molar-refractivity contribution in [3.8, 4) is 0 Å². The number of aliphatic imine (C=N–C) groups is 1. The molecule has 3 atom stereocenters.